The Kier molecular flexibility index (Phi) is 8.69. The van der Waals surface area contributed by atoms with E-state index in [1.165, 1.54) is 0 Å². The van der Waals surface area contributed by atoms with Gasteiger partial charge in [0.05, 0.1) is 0 Å². The van der Waals surface area contributed by atoms with Crippen molar-refractivity contribution in [1.29, 1.82) is 0 Å². The molecule has 0 radical (unpaired) electrons. The fourth-order valence-corrected chi connectivity index (χ4v) is 1.41. The fraction of sp³-hybridized carbons (Fsp3) is 0.727. The summed E-state index contributed by atoms with van der Waals surface area (Å²) in [7, 11) is 0. The Morgan fingerprint density at radius 2 is 2.17 bits per heavy atom. The zero-order valence-electron chi connectivity index (χ0n) is 11.5. The van der Waals surface area contributed by atoms with E-state index >= 15 is 0 Å². The first-order valence-corrected chi connectivity index (χ1v) is 6.08. The Hall–Kier alpha value is -0.860. The van der Waals surface area contributed by atoms with Crippen LogP contribution in [0.3, 0.4) is 0 Å². The lowest BCUT2D eigenvalue weighted by molar-refractivity contribution is 0.678. The van der Waals surface area contributed by atoms with Crippen molar-refractivity contribution in [1.82, 2.24) is 25.4 Å². The molecule has 2 N–H and O–H groups in total. The number of aliphatic imine (C=N–C) groups is 1. The van der Waals surface area contributed by atoms with Gasteiger partial charge in [-0.1, -0.05) is 0 Å². The third-order valence-electron chi connectivity index (χ3n) is 2.18. The molecule has 0 unspecified atom stereocenters. The van der Waals surface area contributed by atoms with Crippen molar-refractivity contribution in [3.05, 3.63) is 12.2 Å². The van der Waals surface area contributed by atoms with E-state index in [1.807, 2.05) is 11.5 Å². The number of nitrogens with zero attached hydrogens (tertiary/aromatic N) is 4. The SMILES string of the molecule is CCNC(=NCc1nncn1CC)NC(C)C.I. The van der Waals surface area contributed by atoms with Gasteiger partial charge in [-0.15, -0.1) is 34.2 Å². The van der Waals surface area contributed by atoms with E-state index in [1.54, 1.807) is 6.33 Å². The van der Waals surface area contributed by atoms with Crippen LogP contribution in [-0.2, 0) is 13.1 Å². The summed E-state index contributed by atoms with van der Waals surface area (Å²) in [6, 6.07) is 0.358. The van der Waals surface area contributed by atoms with E-state index < -0.39 is 0 Å². The van der Waals surface area contributed by atoms with Crippen LogP contribution in [0, 0.1) is 0 Å². The van der Waals surface area contributed by atoms with Crippen molar-refractivity contribution in [3.8, 4) is 0 Å². The second-order valence-corrected chi connectivity index (χ2v) is 4.03. The summed E-state index contributed by atoms with van der Waals surface area (Å²) in [5.74, 6) is 1.70. The van der Waals surface area contributed by atoms with Crippen LogP contribution in [0.5, 0.6) is 0 Å². The number of nitrogens with one attached hydrogen (secondary N) is 2. The maximum atomic E-state index is 4.48. The minimum Gasteiger partial charge on any atom is -0.357 e. The Morgan fingerprint density at radius 3 is 2.72 bits per heavy atom. The molecule has 0 aromatic carbocycles. The molecule has 0 aliphatic heterocycles. The molecule has 0 saturated carbocycles. The Labute approximate surface area is 126 Å². The molecule has 1 aromatic rings. The number of rotatable bonds is 5. The molecule has 0 atom stereocenters. The molecule has 1 heterocycles. The van der Waals surface area contributed by atoms with Gasteiger partial charge in [0.15, 0.2) is 11.8 Å². The van der Waals surface area contributed by atoms with E-state index in [2.05, 4.69) is 46.6 Å². The average Bonchev–Trinajstić information content (AvgIpc) is 2.72. The maximum Gasteiger partial charge on any atom is 0.191 e. The standard InChI is InChI=1S/C11H22N6.HI/c1-5-12-11(15-9(3)4)13-7-10-16-14-8-17(10)6-2;/h8-9H,5-7H2,1-4H3,(H2,12,13,15);1H. The topological polar surface area (TPSA) is 67.1 Å². The number of aryl methyl sites for hydroxylation is 1. The molecule has 104 valence electrons. The molecular weight excluding hydrogens is 343 g/mol. The minimum atomic E-state index is 0. The summed E-state index contributed by atoms with van der Waals surface area (Å²) >= 11 is 0. The molecule has 18 heavy (non-hydrogen) atoms. The number of halogens is 1. The van der Waals surface area contributed by atoms with Gasteiger partial charge in [-0.05, 0) is 27.7 Å². The van der Waals surface area contributed by atoms with Gasteiger partial charge in [0.25, 0.3) is 0 Å². The molecule has 1 aromatic heterocycles. The van der Waals surface area contributed by atoms with Crippen molar-refractivity contribution in [2.45, 2.75) is 46.8 Å². The number of aromatic nitrogens is 3. The van der Waals surface area contributed by atoms with Gasteiger partial charge in [0.1, 0.15) is 12.9 Å². The Balaban J connectivity index is 0.00000289. The van der Waals surface area contributed by atoms with Gasteiger partial charge in [-0.2, -0.15) is 0 Å². The third-order valence-corrected chi connectivity index (χ3v) is 2.18. The molecule has 0 bridgehead atoms. The van der Waals surface area contributed by atoms with Crippen molar-refractivity contribution >= 4 is 29.9 Å². The zero-order valence-corrected chi connectivity index (χ0v) is 13.8. The quantitative estimate of drug-likeness (QED) is 0.470. The van der Waals surface area contributed by atoms with E-state index in [0.29, 0.717) is 12.6 Å². The van der Waals surface area contributed by atoms with Crippen molar-refractivity contribution in [2.75, 3.05) is 6.54 Å². The molecule has 6 nitrogen and oxygen atoms in total. The van der Waals surface area contributed by atoms with E-state index in [0.717, 1.165) is 24.9 Å². The zero-order chi connectivity index (χ0) is 12.7. The molecule has 1 rings (SSSR count). The maximum absolute atomic E-state index is 4.48. The second kappa shape index (κ2) is 9.12. The summed E-state index contributed by atoms with van der Waals surface area (Å²) in [4.78, 5) is 4.48. The van der Waals surface area contributed by atoms with Crippen LogP contribution in [0.1, 0.15) is 33.5 Å². The van der Waals surface area contributed by atoms with Crippen molar-refractivity contribution in [2.24, 2.45) is 4.99 Å². The van der Waals surface area contributed by atoms with Crippen LogP contribution in [0.25, 0.3) is 0 Å². The highest BCUT2D eigenvalue weighted by Crippen LogP contribution is 1.97. The predicted molar refractivity (Wildman–Crippen MR) is 84.2 cm³/mol. The smallest absolute Gasteiger partial charge is 0.191 e. The molecular formula is C11H23IN6. The minimum absolute atomic E-state index is 0. The lowest BCUT2D eigenvalue weighted by Gasteiger charge is -2.13. The van der Waals surface area contributed by atoms with Crippen LogP contribution in [0.15, 0.2) is 11.3 Å². The number of guanidine groups is 1. The van der Waals surface area contributed by atoms with Gasteiger partial charge < -0.3 is 15.2 Å². The predicted octanol–water partition coefficient (Wildman–Crippen LogP) is 1.38. The van der Waals surface area contributed by atoms with Crippen LogP contribution >= 0.6 is 24.0 Å². The average molecular weight is 366 g/mol. The largest absolute Gasteiger partial charge is 0.357 e. The van der Waals surface area contributed by atoms with Gasteiger partial charge >= 0.3 is 0 Å². The highest BCUT2D eigenvalue weighted by molar-refractivity contribution is 14.0. The summed E-state index contributed by atoms with van der Waals surface area (Å²) < 4.78 is 1.99. The van der Waals surface area contributed by atoms with Crippen LogP contribution < -0.4 is 10.6 Å². The second-order valence-electron chi connectivity index (χ2n) is 4.03. The third kappa shape index (κ3) is 5.65. The summed E-state index contributed by atoms with van der Waals surface area (Å²) in [6.07, 6.45) is 1.73. The van der Waals surface area contributed by atoms with Crippen LogP contribution in [0.2, 0.25) is 0 Å². The molecule has 0 saturated heterocycles. The summed E-state index contributed by atoms with van der Waals surface area (Å²) in [6.45, 7) is 10.5. The van der Waals surface area contributed by atoms with E-state index in [9.17, 15) is 0 Å². The first kappa shape index (κ1) is 17.1. The monoisotopic (exact) mass is 366 g/mol. The van der Waals surface area contributed by atoms with Gasteiger partial charge in [0, 0.05) is 19.1 Å². The molecule has 0 amide bonds. The van der Waals surface area contributed by atoms with Crippen molar-refractivity contribution in [3.63, 3.8) is 0 Å². The normalized spacial score (nSPS) is 11.3. The molecule has 0 aliphatic rings. The molecule has 0 aliphatic carbocycles. The van der Waals surface area contributed by atoms with Crippen LogP contribution in [0.4, 0.5) is 0 Å². The number of hydrogen-bond acceptors (Lipinski definition) is 3. The highest BCUT2D eigenvalue weighted by Gasteiger charge is 2.03. The summed E-state index contributed by atoms with van der Waals surface area (Å²) in [5.41, 5.74) is 0. The highest BCUT2D eigenvalue weighted by atomic mass is 127. The fourth-order valence-electron chi connectivity index (χ4n) is 1.41. The van der Waals surface area contributed by atoms with Gasteiger partial charge in [-0.25, -0.2) is 4.99 Å². The molecule has 7 heteroatoms. The van der Waals surface area contributed by atoms with E-state index in [-0.39, 0.29) is 24.0 Å². The van der Waals surface area contributed by atoms with E-state index in [4.69, 9.17) is 0 Å². The summed E-state index contributed by atoms with van der Waals surface area (Å²) in [5, 5.41) is 14.4. The first-order chi connectivity index (χ1) is 8.17. The molecule has 0 spiro atoms. The Bertz CT molecular complexity index is 360. The lowest BCUT2D eigenvalue weighted by Crippen LogP contribution is -2.41. The molecule has 0 fully saturated rings. The van der Waals surface area contributed by atoms with Gasteiger partial charge in [0.2, 0.25) is 0 Å². The first-order valence-electron chi connectivity index (χ1n) is 6.08. The van der Waals surface area contributed by atoms with Crippen LogP contribution in [-0.4, -0.2) is 33.3 Å². The van der Waals surface area contributed by atoms with Crippen molar-refractivity contribution < 1.29 is 0 Å². The lowest BCUT2D eigenvalue weighted by atomic mass is 10.4. The number of hydrogen-bond donors (Lipinski definition) is 2. The Morgan fingerprint density at radius 1 is 1.44 bits per heavy atom. The van der Waals surface area contributed by atoms with Gasteiger partial charge in [-0.3, -0.25) is 0 Å².